The van der Waals surface area contributed by atoms with E-state index in [1.807, 2.05) is 0 Å². The van der Waals surface area contributed by atoms with Crippen LogP contribution in [-0.2, 0) is 17.6 Å². The first kappa shape index (κ1) is 24.9. The van der Waals surface area contributed by atoms with Gasteiger partial charge in [-0.05, 0) is 42.7 Å². The number of halogens is 2. The van der Waals surface area contributed by atoms with Crippen LogP contribution in [0.1, 0.15) is 61.8 Å². The van der Waals surface area contributed by atoms with E-state index in [4.69, 9.17) is 4.52 Å². The van der Waals surface area contributed by atoms with Crippen molar-refractivity contribution in [2.45, 2.75) is 58.9 Å². The third-order valence-corrected chi connectivity index (χ3v) is 6.40. The number of hydrogen-bond acceptors (Lipinski definition) is 4. The minimum Gasteiger partial charge on any atom is -0.361 e. The van der Waals surface area contributed by atoms with Crippen molar-refractivity contribution in [2.75, 3.05) is 20.1 Å². The van der Waals surface area contributed by atoms with Crippen molar-refractivity contribution in [2.24, 2.45) is 11.8 Å². The smallest absolute Gasteiger partial charge is 0.276 e. The van der Waals surface area contributed by atoms with Gasteiger partial charge in [0.05, 0.1) is 0 Å². The van der Waals surface area contributed by atoms with Crippen molar-refractivity contribution < 1.29 is 22.9 Å². The molecular weight excluding hydrogens is 428 g/mol. The molecule has 0 saturated carbocycles. The van der Waals surface area contributed by atoms with Gasteiger partial charge in [0.1, 0.15) is 17.4 Å². The van der Waals surface area contributed by atoms with Gasteiger partial charge in [-0.1, -0.05) is 32.0 Å². The molecule has 0 N–H and O–H groups in total. The van der Waals surface area contributed by atoms with Crippen LogP contribution in [-0.4, -0.2) is 52.9 Å². The number of nitrogens with zero attached hydrogens (tertiary/aromatic N) is 3. The molecule has 1 aromatic heterocycles. The Labute approximate surface area is 193 Å². The molecule has 0 bridgehead atoms. The quantitative estimate of drug-likeness (QED) is 0.581. The van der Waals surface area contributed by atoms with Gasteiger partial charge in [-0.2, -0.15) is 0 Å². The molecule has 0 radical (unpaired) electrons. The van der Waals surface area contributed by atoms with Gasteiger partial charge in [-0.25, -0.2) is 8.78 Å². The van der Waals surface area contributed by atoms with Crippen molar-refractivity contribution in [1.82, 2.24) is 15.0 Å². The Hall–Kier alpha value is -2.77. The van der Waals surface area contributed by atoms with Gasteiger partial charge in [0.15, 0.2) is 5.69 Å². The number of hydrogen-bond donors (Lipinski definition) is 0. The first-order chi connectivity index (χ1) is 15.7. The number of carbonyl (C=O) groups excluding carboxylic acids is 2. The molecule has 3 rings (SSSR count). The highest BCUT2D eigenvalue weighted by molar-refractivity contribution is 5.92. The van der Waals surface area contributed by atoms with E-state index in [0.717, 1.165) is 12.5 Å². The van der Waals surface area contributed by atoms with Gasteiger partial charge in [-0.15, -0.1) is 0 Å². The Kier molecular flexibility index (Phi) is 8.21. The van der Waals surface area contributed by atoms with E-state index in [1.54, 1.807) is 29.8 Å². The first-order valence-corrected chi connectivity index (χ1v) is 11.6. The van der Waals surface area contributed by atoms with Crippen LogP contribution in [0, 0.1) is 23.5 Å². The average molecular weight is 462 g/mol. The molecule has 0 aliphatic carbocycles. The number of rotatable bonds is 8. The molecule has 1 atom stereocenters. The van der Waals surface area contributed by atoms with Gasteiger partial charge < -0.3 is 14.3 Å². The normalized spacial score (nSPS) is 15.7. The number of likely N-dealkylation sites (N-methyl/N-ethyl adjacent to an activating group) is 1. The van der Waals surface area contributed by atoms with E-state index in [9.17, 15) is 18.4 Å². The van der Waals surface area contributed by atoms with Gasteiger partial charge in [0.25, 0.3) is 5.91 Å². The van der Waals surface area contributed by atoms with Gasteiger partial charge in [0.2, 0.25) is 5.91 Å². The summed E-state index contributed by atoms with van der Waals surface area (Å²) in [6, 6.07) is 5.03. The summed E-state index contributed by atoms with van der Waals surface area (Å²) in [5, 5.41) is 3.94. The molecule has 1 unspecified atom stereocenters. The zero-order valence-electron chi connectivity index (χ0n) is 19.8. The summed E-state index contributed by atoms with van der Waals surface area (Å²) < 4.78 is 33.0. The second-order valence-corrected chi connectivity index (χ2v) is 9.27. The molecule has 1 aliphatic heterocycles. The fourth-order valence-corrected chi connectivity index (χ4v) is 4.53. The summed E-state index contributed by atoms with van der Waals surface area (Å²) in [5.74, 6) is -0.220. The predicted molar refractivity (Wildman–Crippen MR) is 121 cm³/mol. The van der Waals surface area contributed by atoms with Crippen LogP contribution in [0.2, 0.25) is 0 Å². The molecular formula is C25H33F2N3O3. The van der Waals surface area contributed by atoms with Crippen molar-refractivity contribution >= 4 is 11.8 Å². The van der Waals surface area contributed by atoms with E-state index >= 15 is 0 Å². The molecule has 180 valence electrons. The Morgan fingerprint density at radius 3 is 2.48 bits per heavy atom. The number of piperidine rings is 1. The summed E-state index contributed by atoms with van der Waals surface area (Å²) in [5.41, 5.74) is 0.697. The van der Waals surface area contributed by atoms with E-state index < -0.39 is 11.6 Å². The third kappa shape index (κ3) is 6.18. The van der Waals surface area contributed by atoms with Crippen LogP contribution < -0.4 is 0 Å². The van der Waals surface area contributed by atoms with E-state index in [0.29, 0.717) is 61.7 Å². The monoisotopic (exact) mass is 461 g/mol. The lowest BCUT2D eigenvalue weighted by atomic mass is 9.84. The summed E-state index contributed by atoms with van der Waals surface area (Å²) in [7, 11) is 1.74. The zero-order chi connectivity index (χ0) is 24.1. The highest BCUT2D eigenvalue weighted by atomic mass is 19.1. The van der Waals surface area contributed by atoms with Crippen LogP contribution in [0.15, 0.2) is 28.8 Å². The maximum Gasteiger partial charge on any atom is 0.276 e. The summed E-state index contributed by atoms with van der Waals surface area (Å²) in [6.07, 6.45) is 2.73. The Morgan fingerprint density at radius 2 is 1.88 bits per heavy atom. The van der Waals surface area contributed by atoms with Crippen molar-refractivity contribution in [3.05, 3.63) is 52.9 Å². The Bertz CT molecular complexity index is 968. The van der Waals surface area contributed by atoms with Gasteiger partial charge >= 0.3 is 0 Å². The maximum absolute atomic E-state index is 14.3. The second-order valence-electron chi connectivity index (χ2n) is 9.27. The zero-order valence-corrected chi connectivity index (χ0v) is 19.8. The van der Waals surface area contributed by atoms with E-state index in [1.165, 1.54) is 12.1 Å². The average Bonchev–Trinajstić information content (AvgIpc) is 3.25. The third-order valence-electron chi connectivity index (χ3n) is 6.40. The molecule has 1 aliphatic rings. The minimum absolute atomic E-state index is 0.0266. The van der Waals surface area contributed by atoms with Gasteiger partial charge in [-0.3, -0.25) is 9.59 Å². The van der Waals surface area contributed by atoms with Crippen LogP contribution >= 0.6 is 0 Å². The molecule has 1 fully saturated rings. The number of benzene rings is 1. The first-order valence-electron chi connectivity index (χ1n) is 11.6. The van der Waals surface area contributed by atoms with Crippen molar-refractivity contribution in [1.29, 1.82) is 0 Å². The number of carbonyl (C=O) groups is 2. The lowest BCUT2D eigenvalue weighted by Crippen LogP contribution is -2.48. The second kappa shape index (κ2) is 10.9. The van der Waals surface area contributed by atoms with Crippen LogP contribution in [0.3, 0.4) is 0 Å². The molecule has 33 heavy (non-hydrogen) atoms. The SMILES string of the molecule is CCC(=O)N(C)C(Cc1ccc(F)cc1F)C1CCN(C(=O)c2cc(CC(C)C)on2)CC1. The minimum atomic E-state index is -0.623. The lowest BCUT2D eigenvalue weighted by Gasteiger charge is -2.40. The molecule has 2 aromatic rings. The van der Waals surface area contributed by atoms with Crippen molar-refractivity contribution in [3.8, 4) is 0 Å². The molecule has 0 spiro atoms. The highest BCUT2D eigenvalue weighted by Gasteiger charge is 2.33. The predicted octanol–water partition coefficient (Wildman–Crippen LogP) is 4.48. The number of aromatic nitrogens is 1. The molecule has 1 aromatic carbocycles. The molecule has 2 amide bonds. The molecule has 2 heterocycles. The Balaban J connectivity index is 1.69. The number of amides is 2. The molecule has 1 saturated heterocycles. The maximum atomic E-state index is 14.3. The van der Waals surface area contributed by atoms with E-state index in [-0.39, 0.29) is 23.8 Å². The summed E-state index contributed by atoms with van der Waals surface area (Å²) in [4.78, 5) is 28.8. The highest BCUT2D eigenvalue weighted by Crippen LogP contribution is 2.28. The standard InChI is InChI=1S/C25H33F2N3O3/c1-5-24(31)29(4)23(13-18-6-7-19(26)14-21(18)27)17-8-10-30(11-9-17)25(32)22-15-20(33-28-22)12-16(2)3/h6-7,14-17,23H,5,8-13H2,1-4H3. The fraction of sp³-hybridized carbons (Fsp3) is 0.560. The van der Waals surface area contributed by atoms with Crippen LogP contribution in [0.5, 0.6) is 0 Å². The molecule has 6 nitrogen and oxygen atoms in total. The van der Waals surface area contributed by atoms with Crippen LogP contribution in [0.4, 0.5) is 8.78 Å². The lowest BCUT2D eigenvalue weighted by molar-refractivity contribution is -0.133. The number of likely N-dealkylation sites (tertiary alicyclic amines) is 1. The Morgan fingerprint density at radius 1 is 1.18 bits per heavy atom. The summed E-state index contributed by atoms with van der Waals surface area (Å²) >= 11 is 0. The van der Waals surface area contributed by atoms with Crippen LogP contribution in [0.25, 0.3) is 0 Å². The molecule has 8 heteroatoms. The summed E-state index contributed by atoms with van der Waals surface area (Å²) in [6.45, 7) is 6.98. The largest absolute Gasteiger partial charge is 0.361 e. The van der Waals surface area contributed by atoms with Gasteiger partial charge in [0, 0.05) is 51.2 Å². The topological polar surface area (TPSA) is 66.7 Å². The fourth-order valence-electron chi connectivity index (χ4n) is 4.53. The van der Waals surface area contributed by atoms with E-state index in [2.05, 4.69) is 19.0 Å². The van der Waals surface area contributed by atoms with Crippen molar-refractivity contribution in [3.63, 3.8) is 0 Å².